The molecule has 1 aliphatic carbocycles. The molecule has 16 heteroatoms. The number of benzene rings is 2. The van der Waals surface area contributed by atoms with Gasteiger partial charge in [0.15, 0.2) is 24.1 Å². The van der Waals surface area contributed by atoms with Gasteiger partial charge >= 0.3 is 30.0 Å². The fourth-order valence-electron chi connectivity index (χ4n) is 6.99. The molecule has 2 aliphatic rings. The van der Waals surface area contributed by atoms with Crippen LogP contribution >= 0.6 is 0 Å². The van der Waals surface area contributed by atoms with Crippen molar-refractivity contribution in [3.63, 3.8) is 0 Å². The van der Waals surface area contributed by atoms with E-state index in [1.807, 2.05) is 42.5 Å². The van der Waals surface area contributed by atoms with Gasteiger partial charge in [0.2, 0.25) is 0 Å². The van der Waals surface area contributed by atoms with Crippen molar-refractivity contribution in [3.8, 4) is 22.4 Å². The molecule has 1 N–H and O–H groups in total. The third-order valence-electron chi connectivity index (χ3n) is 9.04. The number of hydrogen-bond acceptors (Lipinski definition) is 14. The van der Waals surface area contributed by atoms with Crippen LogP contribution in [0.25, 0.3) is 33.5 Å². The first-order valence-corrected chi connectivity index (χ1v) is 17.8. The molecule has 0 radical (unpaired) electrons. The summed E-state index contributed by atoms with van der Waals surface area (Å²) < 4.78 is 35.2. The molecule has 1 fully saturated rings. The van der Waals surface area contributed by atoms with Crippen molar-refractivity contribution in [3.05, 3.63) is 66.2 Å². The molecule has 0 spiro atoms. The molecule has 1 unspecified atom stereocenters. The summed E-state index contributed by atoms with van der Waals surface area (Å²) in [5.74, 6) is -2.47. The number of nitrogens with zero attached hydrogens (tertiary/aromatic N) is 4. The molecule has 1 saturated heterocycles. The van der Waals surface area contributed by atoms with Crippen molar-refractivity contribution >= 4 is 41.1 Å². The van der Waals surface area contributed by atoms with Crippen LogP contribution < -0.4 is 5.32 Å². The molecule has 1 amide bonds. The average Bonchev–Trinajstić information content (AvgIpc) is 3.79. The number of nitrogens with one attached hydrogen (secondary N) is 1. The van der Waals surface area contributed by atoms with Gasteiger partial charge in [-0.25, -0.2) is 24.5 Å². The van der Waals surface area contributed by atoms with Gasteiger partial charge in [-0.15, -0.1) is 0 Å². The third-order valence-corrected chi connectivity index (χ3v) is 9.04. The summed E-state index contributed by atoms with van der Waals surface area (Å²) in [6.45, 7) is 10.4. The number of amides is 1. The lowest BCUT2D eigenvalue weighted by Crippen LogP contribution is -2.57. The van der Waals surface area contributed by atoms with E-state index in [0.29, 0.717) is 22.4 Å². The zero-order valence-corrected chi connectivity index (χ0v) is 31.6. The Balaban J connectivity index is 1.46. The summed E-state index contributed by atoms with van der Waals surface area (Å²) in [6.07, 6.45) is -2.03. The maximum Gasteiger partial charge on any atom is 0.408 e. The van der Waals surface area contributed by atoms with Gasteiger partial charge in [0, 0.05) is 39.2 Å². The standard InChI is InChI=1S/C39H43N5O11/c1-8-50-36(48)39(43-37(49)55-38(5,6)7)16-25-14-27(24-12-10-9-11-13-24)28(15-26(25)17-39)30-31-34(41-19-40-30)44(20-42-31)35-33(53-23(4)47)32(52-22(3)46)29(54-35)18-51-21(2)45/h9-15,19-20,29,32-33,35H,8,16-18H2,1-7H3,(H,43,49)/t29-,32-,33-,35-,39?/m1/s1. The number of alkyl carbamates (subject to hydrolysis) is 1. The van der Waals surface area contributed by atoms with Crippen LogP contribution in [-0.4, -0.2) is 92.2 Å². The molecule has 0 bridgehead atoms. The minimum absolute atomic E-state index is 0.115. The van der Waals surface area contributed by atoms with Crippen LogP contribution in [0.2, 0.25) is 0 Å². The number of esters is 4. The van der Waals surface area contributed by atoms with Crippen molar-refractivity contribution in [2.45, 2.75) is 97.0 Å². The Hall–Kier alpha value is -5.90. The highest BCUT2D eigenvalue weighted by Gasteiger charge is 2.51. The Kier molecular flexibility index (Phi) is 10.9. The minimum atomic E-state index is -1.43. The second-order valence-electron chi connectivity index (χ2n) is 14.4. The predicted octanol–water partition coefficient (Wildman–Crippen LogP) is 4.41. The molecule has 55 heavy (non-hydrogen) atoms. The smallest absolute Gasteiger partial charge is 0.408 e. The molecule has 1 aliphatic heterocycles. The Morgan fingerprint density at radius 2 is 1.53 bits per heavy atom. The molecule has 2 aromatic carbocycles. The van der Waals surface area contributed by atoms with Crippen LogP contribution in [0.5, 0.6) is 0 Å². The van der Waals surface area contributed by atoms with Crippen LogP contribution in [0, 0.1) is 0 Å². The molecule has 2 aromatic heterocycles. The molecule has 6 rings (SSSR count). The molecule has 16 nitrogen and oxygen atoms in total. The zero-order valence-electron chi connectivity index (χ0n) is 31.6. The highest BCUT2D eigenvalue weighted by molar-refractivity contribution is 5.95. The summed E-state index contributed by atoms with van der Waals surface area (Å²) in [5, 5.41) is 2.83. The quantitative estimate of drug-likeness (QED) is 0.176. The van der Waals surface area contributed by atoms with Gasteiger partial charge in [-0.1, -0.05) is 36.4 Å². The van der Waals surface area contributed by atoms with E-state index in [1.165, 1.54) is 33.4 Å². The SMILES string of the molecule is CCOC(=O)C1(NC(=O)OC(C)(C)C)Cc2cc(-c3ccccc3)c(-c3ncnc4c3ncn4[C@@H]3O[C@H](COC(C)=O)[C@@H](OC(C)=O)[C@H]3OC(C)=O)cc2C1. The van der Waals surface area contributed by atoms with Crippen LogP contribution in [0.4, 0.5) is 4.79 Å². The van der Waals surface area contributed by atoms with Crippen LogP contribution in [-0.2, 0) is 60.4 Å². The highest BCUT2D eigenvalue weighted by Crippen LogP contribution is 2.42. The fraction of sp³-hybridized carbons (Fsp3) is 0.436. The van der Waals surface area contributed by atoms with Crippen LogP contribution in [0.3, 0.4) is 0 Å². The number of carbonyl (C=O) groups is 5. The topological polar surface area (TPSA) is 196 Å². The van der Waals surface area contributed by atoms with E-state index in [9.17, 15) is 24.0 Å². The number of hydrogen-bond donors (Lipinski definition) is 1. The summed E-state index contributed by atoms with van der Waals surface area (Å²) >= 11 is 0. The van der Waals surface area contributed by atoms with Crippen molar-refractivity contribution in [2.75, 3.05) is 13.2 Å². The van der Waals surface area contributed by atoms with E-state index in [-0.39, 0.29) is 26.1 Å². The predicted molar refractivity (Wildman–Crippen MR) is 194 cm³/mol. The summed E-state index contributed by atoms with van der Waals surface area (Å²) in [7, 11) is 0. The Bertz CT molecular complexity index is 2130. The monoisotopic (exact) mass is 757 g/mol. The normalized spacial score (nSPS) is 21.7. The maximum absolute atomic E-state index is 13.6. The second kappa shape index (κ2) is 15.5. The summed E-state index contributed by atoms with van der Waals surface area (Å²) in [5.41, 5.74) is 2.76. The summed E-state index contributed by atoms with van der Waals surface area (Å²) in [4.78, 5) is 76.8. The lowest BCUT2D eigenvalue weighted by molar-refractivity contribution is -0.166. The van der Waals surface area contributed by atoms with Crippen molar-refractivity contribution in [1.29, 1.82) is 0 Å². The summed E-state index contributed by atoms with van der Waals surface area (Å²) in [6, 6.07) is 13.5. The first-order chi connectivity index (χ1) is 26.1. The lowest BCUT2D eigenvalue weighted by atomic mass is 9.92. The van der Waals surface area contributed by atoms with Crippen molar-refractivity contribution < 1.29 is 52.4 Å². The second-order valence-corrected chi connectivity index (χ2v) is 14.4. The van der Waals surface area contributed by atoms with Gasteiger partial charge in [0.1, 0.15) is 41.4 Å². The Labute approximate surface area is 316 Å². The largest absolute Gasteiger partial charge is 0.464 e. The Morgan fingerprint density at radius 1 is 0.873 bits per heavy atom. The molecular weight excluding hydrogens is 714 g/mol. The average molecular weight is 758 g/mol. The van der Waals surface area contributed by atoms with Gasteiger partial charge in [0.25, 0.3) is 0 Å². The highest BCUT2D eigenvalue weighted by atomic mass is 16.7. The number of fused-ring (bicyclic) bond motifs is 2. The molecule has 290 valence electrons. The maximum atomic E-state index is 13.6. The van der Waals surface area contributed by atoms with E-state index in [4.69, 9.17) is 33.4 Å². The molecular formula is C39H43N5O11. The lowest BCUT2D eigenvalue weighted by Gasteiger charge is -2.29. The van der Waals surface area contributed by atoms with E-state index in [1.54, 1.807) is 32.3 Å². The van der Waals surface area contributed by atoms with Gasteiger partial charge in [-0.2, -0.15) is 0 Å². The van der Waals surface area contributed by atoms with E-state index >= 15 is 0 Å². The van der Waals surface area contributed by atoms with E-state index in [2.05, 4.69) is 15.3 Å². The molecule has 0 saturated carbocycles. The minimum Gasteiger partial charge on any atom is -0.464 e. The van der Waals surface area contributed by atoms with Gasteiger partial charge < -0.3 is 33.7 Å². The van der Waals surface area contributed by atoms with Crippen molar-refractivity contribution in [2.24, 2.45) is 0 Å². The van der Waals surface area contributed by atoms with E-state index in [0.717, 1.165) is 22.3 Å². The van der Waals surface area contributed by atoms with Gasteiger partial charge in [-0.3, -0.25) is 19.0 Å². The van der Waals surface area contributed by atoms with Crippen molar-refractivity contribution in [1.82, 2.24) is 24.8 Å². The zero-order chi connectivity index (χ0) is 39.7. The van der Waals surface area contributed by atoms with E-state index < -0.39 is 65.7 Å². The van der Waals surface area contributed by atoms with Gasteiger partial charge in [-0.05, 0) is 56.0 Å². The number of ether oxygens (including phenoxy) is 6. The first kappa shape index (κ1) is 38.8. The fourth-order valence-corrected chi connectivity index (χ4v) is 6.99. The first-order valence-electron chi connectivity index (χ1n) is 17.8. The van der Waals surface area contributed by atoms with Crippen LogP contribution in [0.15, 0.2) is 55.1 Å². The number of rotatable bonds is 10. The number of aromatic nitrogens is 4. The number of carbonyl (C=O) groups excluding carboxylic acids is 5. The molecule has 5 atom stereocenters. The molecule has 4 aromatic rings. The third kappa shape index (κ3) is 8.28. The van der Waals surface area contributed by atoms with Gasteiger partial charge in [0.05, 0.1) is 12.9 Å². The number of imidazole rings is 1. The molecule has 3 heterocycles. The Morgan fingerprint density at radius 3 is 2.15 bits per heavy atom. The van der Waals surface area contributed by atoms with Crippen LogP contribution in [0.1, 0.15) is 65.8 Å².